The molecule has 10 nitrogen and oxygen atoms in total. The fraction of sp³-hybridized carbons (Fsp3) is 0.414. The summed E-state index contributed by atoms with van der Waals surface area (Å²) >= 11 is 5.91. The fourth-order valence-electron chi connectivity index (χ4n) is 6.33. The molecule has 4 aromatic heterocycles. The summed E-state index contributed by atoms with van der Waals surface area (Å²) in [6.45, 7) is 4.41. The molecular weight excluding hydrogens is 557 g/mol. The van der Waals surface area contributed by atoms with Gasteiger partial charge in [0.2, 0.25) is 5.95 Å². The second-order valence-corrected chi connectivity index (χ2v) is 12.5. The van der Waals surface area contributed by atoms with Crippen molar-refractivity contribution in [2.45, 2.75) is 31.3 Å². The lowest BCUT2D eigenvalue weighted by atomic mass is 10.0. The zero-order valence-electron chi connectivity index (χ0n) is 23.4. The average Bonchev–Trinajstić information content (AvgIpc) is 3.74. The lowest BCUT2D eigenvalue weighted by Gasteiger charge is -2.38. The Morgan fingerprint density at radius 3 is 2.66 bits per heavy atom. The van der Waals surface area contributed by atoms with Crippen LogP contribution in [0.5, 0.6) is 5.75 Å². The van der Waals surface area contributed by atoms with Crippen LogP contribution in [-0.2, 0) is 0 Å². The molecule has 0 amide bonds. The van der Waals surface area contributed by atoms with E-state index in [9.17, 15) is 4.79 Å². The Labute approximate surface area is 247 Å². The van der Waals surface area contributed by atoms with Crippen molar-refractivity contribution < 1.29 is 4.74 Å². The van der Waals surface area contributed by atoms with E-state index < -0.39 is 0 Å². The first-order chi connectivity index (χ1) is 19.9. The molecule has 0 unspecified atom stereocenters. The van der Waals surface area contributed by atoms with Crippen LogP contribution in [0.4, 0.5) is 17.3 Å². The number of piperidine rings is 1. The van der Waals surface area contributed by atoms with E-state index in [2.05, 4.69) is 59.1 Å². The number of hydrogen-bond acceptors (Lipinski definition) is 10. The standard InChI is InChI=1S/C29H34N8O2S2/c1-33(2)20-8-13-35(17-20)18-6-11-34(12-7-18)19-4-5-22(24(16-19)39-3)31-29-32-26-21(9-14-36(26)40)27-30-23-10-15-41-25(23)28(38)37(27)29/h4-5,9-10,14-16,18,20,40H,6-8,11-13,17H2,1-3H3,(H,31,32)/t20-/m1/s1. The molecule has 2 saturated heterocycles. The molecule has 0 radical (unpaired) electrons. The van der Waals surface area contributed by atoms with Gasteiger partial charge in [0.1, 0.15) is 10.4 Å². The Morgan fingerprint density at radius 2 is 1.90 bits per heavy atom. The number of benzene rings is 1. The number of anilines is 3. The summed E-state index contributed by atoms with van der Waals surface area (Å²) in [5, 5.41) is 6.02. The Balaban J connectivity index is 1.17. The molecule has 0 saturated carbocycles. The molecule has 41 heavy (non-hydrogen) atoms. The minimum Gasteiger partial charge on any atom is -0.494 e. The maximum Gasteiger partial charge on any atom is 0.278 e. The topological polar surface area (TPSA) is 83.2 Å². The van der Waals surface area contributed by atoms with Crippen molar-refractivity contribution in [3.63, 3.8) is 0 Å². The lowest BCUT2D eigenvalue weighted by molar-refractivity contribution is 0.189. The van der Waals surface area contributed by atoms with Crippen LogP contribution < -0.4 is 20.5 Å². The van der Waals surface area contributed by atoms with Crippen LogP contribution in [-0.4, -0.2) is 87.6 Å². The van der Waals surface area contributed by atoms with Gasteiger partial charge in [-0.15, -0.1) is 11.3 Å². The number of hydrogen-bond donors (Lipinski definition) is 2. The van der Waals surface area contributed by atoms with Gasteiger partial charge in [0.15, 0.2) is 11.3 Å². The number of fused-ring (bicyclic) bond motifs is 4. The van der Waals surface area contributed by atoms with Gasteiger partial charge in [-0.2, -0.15) is 4.98 Å². The number of methoxy groups -OCH3 is 1. The van der Waals surface area contributed by atoms with Crippen LogP contribution in [0.1, 0.15) is 19.3 Å². The number of aromatic nitrogens is 4. The van der Waals surface area contributed by atoms with Crippen LogP contribution in [0.15, 0.2) is 46.7 Å². The Bertz CT molecular complexity index is 1800. The van der Waals surface area contributed by atoms with Crippen LogP contribution in [0.2, 0.25) is 0 Å². The quantitative estimate of drug-likeness (QED) is 0.283. The first-order valence-corrected chi connectivity index (χ1v) is 15.3. The van der Waals surface area contributed by atoms with E-state index in [0.717, 1.165) is 42.7 Å². The largest absolute Gasteiger partial charge is 0.494 e. The van der Waals surface area contributed by atoms with E-state index in [1.54, 1.807) is 21.7 Å². The maximum atomic E-state index is 13.6. The number of thiol groups is 1. The molecule has 2 aliphatic rings. The van der Waals surface area contributed by atoms with Gasteiger partial charge in [-0.25, -0.2) is 9.38 Å². The van der Waals surface area contributed by atoms with E-state index in [0.29, 0.717) is 45.3 Å². The van der Waals surface area contributed by atoms with Crippen molar-refractivity contribution in [2.75, 3.05) is 57.6 Å². The minimum absolute atomic E-state index is 0.155. The Hall–Kier alpha value is -3.32. The molecule has 5 aromatic rings. The Kier molecular flexibility index (Phi) is 6.81. The van der Waals surface area contributed by atoms with Gasteiger partial charge in [0.25, 0.3) is 5.56 Å². The summed E-state index contributed by atoms with van der Waals surface area (Å²) < 4.78 is 9.61. The van der Waals surface area contributed by atoms with E-state index in [1.165, 1.54) is 30.8 Å². The number of nitrogens with zero attached hydrogens (tertiary/aromatic N) is 7. The molecule has 0 bridgehead atoms. The van der Waals surface area contributed by atoms with Crippen LogP contribution >= 0.6 is 24.2 Å². The summed E-state index contributed by atoms with van der Waals surface area (Å²) in [5.74, 6) is 1.05. The van der Waals surface area contributed by atoms with Crippen molar-refractivity contribution in [3.8, 4) is 5.75 Å². The first kappa shape index (κ1) is 26.6. The third-order valence-electron chi connectivity index (χ3n) is 8.69. The summed E-state index contributed by atoms with van der Waals surface area (Å²) in [6, 6.07) is 11.3. The molecule has 6 heterocycles. The second-order valence-electron chi connectivity index (χ2n) is 11.2. The van der Waals surface area contributed by atoms with Crippen molar-refractivity contribution >= 4 is 68.4 Å². The molecular formula is C29H34N8O2S2. The van der Waals surface area contributed by atoms with Crippen molar-refractivity contribution in [3.05, 3.63) is 52.3 Å². The number of thiophene rings is 1. The number of ether oxygens (including phenoxy) is 1. The molecule has 214 valence electrons. The van der Waals surface area contributed by atoms with Gasteiger partial charge in [0, 0.05) is 56.2 Å². The maximum absolute atomic E-state index is 13.6. The summed E-state index contributed by atoms with van der Waals surface area (Å²) in [5.41, 5.74) is 3.53. The van der Waals surface area contributed by atoms with Crippen molar-refractivity contribution in [1.29, 1.82) is 0 Å². The summed E-state index contributed by atoms with van der Waals surface area (Å²) in [6.07, 6.45) is 5.39. The molecule has 1 atom stereocenters. The highest BCUT2D eigenvalue weighted by molar-refractivity contribution is 7.78. The second kappa shape index (κ2) is 10.5. The number of nitrogens with one attached hydrogen (secondary N) is 1. The number of likely N-dealkylation sites (N-methyl/N-ethyl adjacent to an activating group) is 1. The van der Waals surface area contributed by atoms with Crippen LogP contribution in [0.25, 0.3) is 26.9 Å². The van der Waals surface area contributed by atoms with E-state index in [4.69, 9.17) is 14.7 Å². The van der Waals surface area contributed by atoms with Gasteiger partial charge in [-0.1, -0.05) is 12.8 Å². The van der Waals surface area contributed by atoms with Gasteiger partial charge in [0.05, 0.1) is 23.7 Å². The predicted octanol–water partition coefficient (Wildman–Crippen LogP) is 4.31. The van der Waals surface area contributed by atoms with Crippen molar-refractivity contribution in [1.82, 2.24) is 28.1 Å². The monoisotopic (exact) mass is 590 g/mol. The molecule has 7 rings (SSSR count). The van der Waals surface area contributed by atoms with E-state index >= 15 is 0 Å². The molecule has 2 fully saturated rings. The molecule has 1 N–H and O–H groups in total. The molecule has 12 heteroatoms. The minimum atomic E-state index is -0.155. The van der Waals surface area contributed by atoms with Gasteiger partial charge in [-0.3, -0.25) is 13.7 Å². The lowest BCUT2D eigenvalue weighted by Crippen LogP contribution is -2.45. The van der Waals surface area contributed by atoms with Gasteiger partial charge < -0.3 is 19.9 Å². The SMILES string of the molecule is COc1cc(N2CCC(N3CC[C@@H](N(C)C)C3)CC2)ccc1Nc1nc2c(ccn2S)c2nc3ccsc3c(=O)n12. The van der Waals surface area contributed by atoms with Gasteiger partial charge in [-0.05, 0) is 63.0 Å². The third-order valence-corrected chi connectivity index (χ3v) is 9.90. The number of rotatable bonds is 6. The normalized spacial score (nSPS) is 18.9. The van der Waals surface area contributed by atoms with E-state index in [1.807, 2.05) is 23.6 Å². The highest BCUT2D eigenvalue weighted by atomic mass is 32.1. The Morgan fingerprint density at radius 1 is 1.07 bits per heavy atom. The highest BCUT2D eigenvalue weighted by Crippen LogP contribution is 2.34. The molecule has 1 aromatic carbocycles. The fourth-order valence-corrected chi connectivity index (χ4v) is 7.31. The van der Waals surface area contributed by atoms with E-state index in [-0.39, 0.29) is 5.56 Å². The smallest absolute Gasteiger partial charge is 0.278 e. The van der Waals surface area contributed by atoms with Gasteiger partial charge >= 0.3 is 0 Å². The number of likely N-dealkylation sites (tertiary alicyclic amines) is 1. The average molecular weight is 591 g/mol. The predicted molar refractivity (Wildman–Crippen MR) is 170 cm³/mol. The third kappa shape index (κ3) is 4.62. The first-order valence-electron chi connectivity index (χ1n) is 14.0. The molecule has 0 aliphatic carbocycles. The molecule has 2 aliphatic heterocycles. The van der Waals surface area contributed by atoms with Crippen LogP contribution in [0.3, 0.4) is 0 Å². The molecule has 0 spiro atoms. The van der Waals surface area contributed by atoms with Crippen molar-refractivity contribution in [2.24, 2.45) is 0 Å². The van der Waals surface area contributed by atoms with Crippen LogP contribution in [0, 0.1) is 0 Å². The highest BCUT2D eigenvalue weighted by Gasteiger charge is 2.31. The summed E-state index contributed by atoms with van der Waals surface area (Å²) in [4.78, 5) is 30.7. The zero-order chi connectivity index (χ0) is 28.2. The zero-order valence-corrected chi connectivity index (χ0v) is 25.2. The summed E-state index contributed by atoms with van der Waals surface area (Å²) in [7, 11) is 6.05.